The van der Waals surface area contributed by atoms with Gasteiger partial charge in [0.1, 0.15) is 0 Å². The molecule has 0 spiro atoms. The Morgan fingerprint density at radius 1 is 0.952 bits per heavy atom. The van der Waals surface area contributed by atoms with Gasteiger partial charge in [0.15, 0.2) is 0 Å². The Hall–Kier alpha value is -0.340. The zero-order chi connectivity index (χ0) is 15.2. The second-order valence-electron chi connectivity index (χ2n) is 6.18. The second-order valence-corrected chi connectivity index (χ2v) is 7.21. The molecule has 21 heavy (non-hydrogen) atoms. The van der Waals surface area contributed by atoms with Crippen LogP contribution in [-0.2, 0) is 6.42 Å². The summed E-state index contributed by atoms with van der Waals surface area (Å²) in [5, 5.41) is 5.95. The quantitative estimate of drug-likeness (QED) is 0.404. The highest BCUT2D eigenvalue weighted by Gasteiger charge is 2.07. The SMILES string of the molecule is CCCCCCCCC(CCCc1cccs1)NCCC. The lowest BCUT2D eigenvalue weighted by molar-refractivity contribution is 0.421. The van der Waals surface area contributed by atoms with Crippen LogP contribution in [0, 0.1) is 0 Å². The predicted octanol–water partition coefficient (Wildman–Crippen LogP) is 6.19. The summed E-state index contributed by atoms with van der Waals surface area (Å²) in [5.41, 5.74) is 0. The number of hydrogen-bond acceptors (Lipinski definition) is 2. The average Bonchev–Trinajstić information content (AvgIpc) is 3.01. The molecule has 122 valence electrons. The molecular weight excluding hydrogens is 274 g/mol. The fraction of sp³-hybridized carbons (Fsp3) is 0.789. The van der Waals surface area contributed by atoms with E-state index in [1.165, 1.54) is 77.2 Å². The molecule has 0 saturated carbocycles. The van der Waals surface area contributed by atoms with Crippen LogP contribution in [0.3, 0.4) is 0 Å². The van der Waals surface area contributed by atoms with E-state index in [4.69, 9.17) is 0 Å². The van der Waals surface area contributed by atoms with Crippen LogP contribution in [-0.4, -0.2) is 12.6 Å². The molecule has 0 saturated heterocycles. The minimum Gasteiger partial charge on any atom is -0.314 e. The Labute approximate surface area is 136 Å². The smallest absolute Gasteiger partial charge is 0.00671 e. The van der Waals surface area contributed by atoms with Crippen molar-refractivity contribution in [2.75, 3.05) is 6.54 Å². The Morgan fingerprint density at radius 3 is 2.43 bits per heavy atom. The van der Waals surface area contributed by atoms with Crippen molar-refractivity contribution in [2.24, 2.45) is 0 Å². The van der Waals surface area contributed by atoms with E-state index in [2.05, 4.69) is 36.7 Å². The van der Waals surface area contributed by atoms with Crippen LogP contribution in [0.2, 0.25) is 0 Å². The number of rotatable bonds is 14. The van der Waals surface area contributed by atoms with Gasteiger partial charge in [0, 0.05) is 10.9 Å². The average molecular weight is 310 g/mol. The lowest BCUT2D eigenvalue weighted by atomic mass is 10.0. The van der Waals surface area contributed by atoms with Gasteiger partial charge in [-0.2, -0.15) is 0 Å². The van der Waals surface area contributed by atoms with E-state index >= 15 is 0 Å². The van der Waals surface area contributed by atoms with Crippen molar-refractivity contribution in [1.82, 2.24) is 5.32 Å². The van der Waals surface area contributed by atoms with Gasteiger partial charge >= 0.3 is 0 Å². The first kappa shape index (κ1) is 18.7. The molecule has 2 heteroatoms. The van der Waals surface area contributed by atoms with Gasteiger partial charge in [0.05, 0.1) is 0 Å². The third kappa shape index (κ3) is 10.1. The Morgan fingerprint density at radius 2 is 1.71 bits per heavy atom. The maximum atomic E-state index is 3.75. The summed E-state index contributed by atoms with van der Waals surface area (Å²) in [6, 6.07) is 5.19. The van der Waals surface area contributed by atoms with E-state index in [0.717, 1.165) is 6.04 Å². The van der Waals surface area contributed by atoms with Crippen molar-refractivity contribution in [2.45, 2.75) is 90.5 Å². The summed E-state index contributed by atoms with van der Waals surface area (Å²) in [6.45, 7) is 5.73. The van der Waals surface area contributed by atoms with Gasteiger partial charge in [-0.3, -0.25) is 0 Å². The van der Waals surface area contributed by atoms with E-state index < -0.39 is 0 Å². The first-order valence-electron chi connectivity index (χ1n) is 9.12. The van der Waals surface area contributed by atoms with Crippen molar-refractivity contribution in [3.63, 3.8) is 0 Å². The van der Waals surface area contributed by atoms with Crippen molar-refractivity contribution in [3.8, 4) is 0 Å². The molecule has 1 unspecified atom stereocenters. The zero-order valence-corrected chi connectivity index (χ0v) is 15.0. The minimum absolute atomic E-state index is 0.746. The largest absolute Gasteiger partial charge is 0.314 e. The normalized spacial score (nSPS) is 12.7. The van der Waals surface area contributed by atoms with Crippen molar-refractivity contribution in [3.05, 3.63) is 22.4 Å². The first-order valence-corrected chi connectivity index (χ1v) is 10.0. The topological polar surface area (TPSA) is 12.0 Å². The summed E-state index contributed by atoms with van der Waals surface area (Å²) in [4.78, 5) is 1.55. The molecule has 0 aliphatic rings. The van der Waals surface area contributed by atoms with Gasteiger partial charge < -0.3 is 5.32 Å². The predicted molar refractivity (Wildman–Crippen MR) is 97.3 cm³/mol. The van der Waals surface area contributed by atoms with Crippen LogP contribution < -0.4 is 5.32 Å². The standard InChI is InChI=1S/C19H35NS/c1-3-5-6-7-8-9-12-18(20-16-4-2)13-10-14-19-15-11-17-21-19/h11,15,17-18,20H,3-10,12-14,16H2,1-2H3. The minimum atomic E-state index is 0.746. The second kappa shape index (κ2) is 13.3. The monoisotopic (exact) mass is 309 g/mol. The van der Waals surface area contributed by atoms with Gasteiger partial charge in [-0.25, -0.2) is 0 Å². The van der Waals surface area contributed by atoms with Crippen LogP contribution in [0.15, 0.2) is 17.5 Å². The van der Waals surface area contributed by atoms with E-state index in [9.17, 15) is 0 Å². The first-order chi connectivity index (χ1) is 10.4. The van der Waals surface area contributed by atoms with Gasteiger partial charge in [-0.05, 0) is 50.1 Å². The molecule has 0 aromatic carbocycles. The van der Waals surface area contributed by atoms with Crippen LogP contribution >= 0.6 is 11.3 Å². The van der Waals surface area contributed by atoms with Gasteiger partial charge in [0.2, 0.25) is 0 Å². The molecular formula is C19H35NS. The van der Waals surface area contributed by atoms with Gasteiger partial charge in [-0.1, -0.05) is 58.4 Å². The molecule has 0 bridgehead atoms. The van der Waals surface area contributed by atoms with E-state index in [1.54, 1.807) is 4.88 Å². The molecule has 0 amide bonds. The summed E-state index contributed by atoms with van der Waals surface area (Å²) in [7, 11) is 0. The number of aryl methyl sites for hydroxylation is 1. The molecule has 0 aliphatic carbocycles. The van der Waals surface area contributed by atoms with E-state index in [-0.39, 0.29) is 0 Å². The molecule has 1 aromatic rings. The molecule has 1 aromatic heterocycles. The Balaban J connectivity index is 2.11. The number of nitrogens with one attached hydrogen (secondary N) is 1. The molecule has 0 fully saturated rings. The fourth-order valence-electron chi connectivity index (χ4n) is 2.85. The van der Waals surface area contributed by atoms with Gasteiger partial charge in [0.25, 0.3) is 0 Å². The molecule has 0 radical (unpaired) electrons. The van der Waals surface area contributed by atoms with Crippen molar-refractivity contribution in [1.29, 1.82) is 0 Å². The highest BCUT2D eigenvalue weighted by Crippen LogP contribution is 2.15. The number of hydrogen-bond donors (Lipinski definition) is 1. The maximum Gasteiger partial charge on any atom is 0.00671 e. The highest BCUT2D eigenvalue weighted by atomic mass is 32.1. The van der Waals surface area contributed by atoms with E-state index in [0.29, 0.717) is 0 Å². The zero-order valence-electron chi connectivity index (χ0n) is 14.2. The third-order valence-electron chi connectivity index (χ3n) is 4.15. The molecule has 1 heterocycles. The third-order valence-corrected chi connectivity index (χ3v) is 5.08. The maximum absolute atomic E-state index is 3.75. The molecule has 0 aliphatic heterocycles. The summed E-state index contributed by atoms with van der Waals surface area (Å²) in [5.74, 6) is 0. The lowest BCUT2D eigenvalue weighted by Gasteiger charge is -2.18. The highest BCUT2D eigenvalue weighted by molar-refractivity contribution is 7.09. The van der Waals surface area contributed by atoms with Crippen molar-refractivity contribution >= 4 is 11.3 Å². The van der Waals surface area contributed by atoms with Crippen LogP contribution in [0.25, 0.3) is 0 Å². The number of unbranched alkanes of at least 4 members (excludes halogenated alkanes) is 5. The number of thiophene rings is 1. The molecule has 1 atom stereocenters. The summed E-state index contributed by atoms with van der Waals surface area (Å²) < 4.78 is 0. The fourth-order valence-corrected chi connectivity index (χ4v) is 3.60. The molecule has 1 nitrogen and oxygen atoms in total. The van der Waals surface area contributed by atoms with Crippen LogP contribution in [0.5, 0.6) is 0 Å². The summed E-state index contributed by atoms with van der Waals surface area (Å²) in [6.07, 6.45) is 15.0. The van der Waals surface area contributed by atoms with E-state index in [1.807, 2.05) is 11.3 Å². The Kier molecular flexibility index (Phi) is 11.9. The molecule has 1 rings (SSSR count). The molecule has 1 N–H and O–H groups in total. The van der Waals surface area contributed by atoms with Gasteiger partial charge in [-0.15, -0.1) is 11.3 Å². The lowest BCUT2D eigenvalue weighted by Crippen LogP contribution is -2.29. The Bertz CT molecular complexity index is 307. The van der Waals surface area contributed by atoms with Crippen LogP contribution in [0.4, 0.5) is 0 Å². The van der Waals surface area contributed by atoms with Crippen LogP contribution in [0.1, 0.15) is 82.9 Å². The van der Waals surface area contributed by atoms with Crippen molar-refractivity contribution < 1.29 is 0 Å². The summed E-state index contributed by atoms with van der Waals surface area (Å²) >= 11 is 1.90.